The molecule has 0 heterocycles. The lowest BCUT2D eigenvalue weighted by Crippen LogP contribution is -1.99. The van der Waals surface area contributed by atoms with Crippen LogP contribution in [0.1, 0.15) is 5.56 Å². The van der Waals surface area contributed by atoms with Gasteiger partial charge in [-0.25, -0.2) is 4.39 Å². The van der Waals surface area contributed by atoms with Crippen LogP contribution in [0, 0.1) is 5.82 Å². The van der Waals surface area contributed by atoms with E-state index in [1.54, 1.807) is 18.2 Å². The zero-order chi connectivity index (χ0) is 8.97. The number of carbonyl (C=O) groups is 1. The van der Waals surface area contributed by atoms with Gasteiger partial charge in [0.05, 0.1) is 0 Å². The Morgan fingerprint density at radius 1 is 1.50 bits per heavy atom. The normalized spacial score (nSPS) is 9.42. The van der Waals surface area contributed by atoms with E-state index in [2.05, 4.69) is 6.58 Å². The predicted molar refractivity (Wildman–Crippen MR) is 45.3 cm³/mol. The largest absolute Gasteiger partial charge is 0.295 e. The van der Waals surface area contributed by atoms with E-state index < -0.39 is 0 Å². The molecule has 0 aliphatic carbocycles. The van der Waals surface area contributed by atoms with Gasteiger partial charge in [-0.3, -0.25) is 4.79 Å². The van der Waals surface area contributed by atoms with Gasteiger partial charge in [-0.15, -0.1) is 0 Å². The zero-order valence-electron chi connectivity index (χ0n) is 6.59. The minimum atomic E-state index is -0.340. The van der Waals surface area contributed by atoms with Crippen LogP contribution in [-0.4, -0.2) is 5.78 Å². The maximum absolute atomic E-state index is 12.9. The molecule has 1 rings (SSSR count). The van der Waals surface area contributed by atoms with Crippen molar-refractivity contribution >= 4 is 5.78 Å². The first kappa shape index (κ1) is 8.65. The molecule has 0 aliphatic rings. The second-order valence-corrected chi connectivity index (χ2v) is 2.44. The molecule has 1 aromatic carbocycles. The number of rotatable bonds is 3. The second kappa shape index (κ2) is 3.81. The van der Waals surface area contributed by atoms with Crippen molar-refractivity contribution in [2.45, 2.75) is 6.42 Å². The Kier molecular flexibility index (Phi) is 2.75. The molecule has 0 fully saturated rings. The summed E-state index contributed by atoms with van der Waals surface area (Å²) in [7, 11) is 0. The monoisotopic (exact) mass is 164 g/mol. The number of hydrogen-bond donors (Lipinski definition) is 0. The van der Waals surface area contributed by atoms with E-state index in [1.807, 2.05) is 0 Å². The van der Waals surface area contributed by atoms with Gasteiger partial charge in [0.15, 0.2) is 5.78 Å². The van der Waals surface area contributed by atoms with Crippen molar-refractivity contribution in [2.24, 2.45) is 0 Å². The molecule has 0 spiro atoms. The summed E-state index contributed by atoms with van der Waals surface area (Å²) < 4.78 is 12.9. The van der Waals surface area contributed by atoms with Crippen LogP contribution in [-0.2, 0) is 11.2 Å². The van der Waals surface area contributed by atoms with Gasteiger partial charge in [0.2, 0.25) is 0 Å². The molecule has 2 heteroatoms. The summed E-state index contributed by atoms with van der Waals surface area (Å²) in [6.45, 7) is 3.31. The molecule has 0 saturated carbocycles. The van der Waals surface area contributed by atoms with Crippen molar-refractivity contribution in [3.05, 3.63) is 48.3 Å². The van der Waals surface area contributed by atoms with Gasteiger partial charge in [-0.1, -0.05) is 24.8 Å². The van der Waals surface area contributed by atoms with Crippen LogP contribution < -0.4 is 0 Å². The Bertz CT molecular complexity index is 304. The van der Waals surface area contributed by atoms with Crippen LogP contribution in [0.4, 0.5) is 4.39 Å². The van der Waals surface area contributed by atoms with E-state index in [0.717, 1.165) is 0 Å². The molecular formula is C10H9FO. The van der Waals surface area contributed by atoms with Crippen LogP contribution >= 0.6 is 0 Å². The lowest BCUT2D eigenvalue weighted by molar-refractivity contribution is -0.114. The lowest BCUT2D eigenvalue weighted by Gasteiger charge is -1.97. The van der Waals surface area contributed by atoms with Crippen LogP contribution in [0.25, 0.3) is 0 Å². The fraction of sp³-hybridized carbons (Fsp3) is 0.100. The quantitative estimate of drug-likeness (QED) is 0.625. The first-order valence-corrected chi connectivity index (χ1v) is 3.62. The summed E-state index contributed by atoms with van der Waals surface area (Å²) in [6.07, 6.45) is 1.29. The van der Waals surface area contributed by atoms with Crippen LogP contribution in [0.15, 0.2) is 36.9 Å². The first-order valence-electron chi connectivity index (χ1n) is 3.62. The summed E-state index contributed by atoms with van der Waals surface area (Å²) in [5.74, 6) is -0.507. The van der Waals surface area contributed by atoms with Crippen molar-refractivity contribution in [1.29, 1.82) is 0 Å². The van der Waals surface area contributed by atoms with Crippen LogP contribution in [0.2, 0.25) is 0 Å². The molecule has 0 unspecified atom stereocenters. The van der Waals surface area contributed by atoms with Crippen molar-refractivity contribution in [3.8, 4) is 0 Å². The Hall–Kier alpha value is -1.44. The molecule has 1 aromatic rings. The second-order valence-electron chi connectivity index (χ2n) is 2.44. The Balaban J connectivity index is 2.82. The number of hydrogen-bond acceptors (Lipinski definition) is 1. The van der Waals surface area contributed by atoms with Crippen LogP contribution in [0.3, 0.4) is 0 Å². The maximum atomic E-state index is 12.9. The van der Waals surface area contributed by atoms with Crippen LogP contribution in [0.5, 0.6) is 0 Å². The molecule has 0 atom stereocenters. The van der Waals surface area contributed by atoms with Gasteiger partial charge in [-0.2, -0.15) is 0 Å². The third-order valence-corrected chi connectivity index (χ3v) is 1.55. The van der Waals surface area contributed by atoms with E-state index >= 15 is 0 Å². The third kappa shape index (κ3) is 2.02. The van der Waals surface area contributed by atoms with E-state index in [0.29, 0.717) is 5.56 Å². The molecular weight excluding hydrogens is 155 g/mol. The average Bonchev–Trinajstić information content (AvgIpc) is 2.09. The van der Waals surface area contributed by atoms with Gasteiger partial charge in [0.25, 0.3) is 0 Å². The highest BCUT2D eigenvalue weighted by Crippen LogP contribution is 2.07. The molecule has 0 bridgehead atoms. The molecule has 1 nitrogen and oxygen atoms in total. The fourth-order valence-corrected chi connectivity index (χ4v) is 0.902. The van der Waals surface area contributed by atoms with E-state index in [1.165, 1.54) is 12.1 Å². The van der Waals surface area contributed by atoms with Crippen molar-refractivity contribution in [2.75, 3.05) is 0 Å². The number of benzene rings is 1. The highest BCUT2D eigenvalue weighted by atomic mass is 19.1. The molecule has 62 valence electrons. The number of carbonyl (C=O) groups excluding carboxylic acids is 1. The van der Waals surface area contributed by atoms with Crippen molar-refractivity contribution < 1.29 is 9.18 Å². The zero-order valence-corrected chi connectivity index (χ0v) is 6.59. The molecule has 0 aliphatic heterocycles. The molecule has 0 saturated heterocycles. The Morgan fingerprint density at radius 3 is 2.75 bits per heavy atom. The lowest BCUT2D eigenvalue weighted by atomic mass is 10.1. The number of halogens is 1. The minimum Gasteiger partial charge on any atom is -0.295 e. The number of ketones is 1. The molecule has 12 heavy (non-hydrogen) atoms. The predicted octanol–water partition coefficient (Wildman–Crippen LogP) is 2.12. The van der Waals surface area contributed by atoms with Gasteiger partial charge in [-0.05, 0) is 17.7 Å². The number of allylic oxidation sites excluding steroid dienone is 1. The summed E-state index contributed by atoms with van der Waals surface area (Å²) in [6, 6.07) is 6.23. The van der Waals surface area contributed by atoms with Crippen molar-refractivity contribution in [3.63, 3.8) is 0 Å². The summed E-state index contributed by atoms with van der Waals surface area (Å²) in [5, 5.41) is 0. The Labute approximate surface area is 70.5 Å². The SMILES string of the molecule is C=CC(=O)Cc1ccccc1F. The molecule has 0 radical (unpaired) electrons. The highest BCUT2D eigenvalue weighted by Gasteiger charge is 2.03. The van der Waals surface area contributed by atoms with E-state index in [-0.39, 0.29) is 18.0 Å². The third-order valence-electron chi connectivity index (χ3n) is 1.55. The smallest absolute Gasteiger partial charge is 0.159 e. The summed E-state index contributed by atoms with van der Waals surface area (Å²) in [4.78, 5) is 10.8. The summed E-state index contributed by atoms with van der Waals surface area (Å²) in [5.41, 5.74) is 0.419. The maximum Gasteiger partial charge on any atom is 0.159 e. The molecule has 0 amide bonds. The standard InChI is InChI=1S/C10H9FO/c1-2-9(12)7-8-5-3-4-6-10(8)11/h2-6H,1,7H2. The molecule has 0 aromatic heterocycles. The van der Waals surface area contributed by atoms with Gasteiger partial charge < -0.3 is 0 Å². The molecule has 0 N–H and O–H groups in total. The van der Waals surface area contributed by atoms with Gasteiger partial charge in [0, 0.05) is 6.42 Å². The Morgan fingerprint density at radius 2 is 2.17 bits per heavy atom. The highest BCUT2D eigenvalue weighted by molar-refractivity contribution is 5.90. The van der Waals surface area contributed by atoms with Crippen molar-refractivity contribution in [1.82, 2.24) is 0 Å². The fourth-order valence-electron chi connectivity index (χ4n) is 0.902. The topological polar surface area (TPSA) is 17.1 Å². The minimum absolute atomic E-state index is 0.0934. The van der Waals surface area contributed by atoms with E-state index in [4.69, 9.17) is 0 Å². The van der Waals surface area contributed by atoms with Gasteiger partial charge >= 0.3 is 0 Å². The van der Waals surface area contributed by atoms with Gasteiger partial charge in [0.1, 0.15) is 5.82 Å². The summed E-state index contributed by atoms with van der Waals surface area (Å²) >= 11 is 0. The first-order chi connectivity index (χ1) is 5.74. The average molecular weight is 164 g/mol. The van der Waals surface area contributed by atoms with E-state index in [9.17, 15) is 9.18 Å².